The van der Waals surface area contributed by atoms with Crippen molar-refractivity contribution in [2.45, 2.75) is 38.8 Å². The Labute approximate surface area is 191 Å². The molecule has 0 amide bonds. The first-order valence-corrected chi connectivity index (χ1v) is 11.7. The normalized spacial score (nSPS) is 13.0. The third kappa shape index (κ3) is 4.06. The zero-order valence-electron chi connectivity index (χ0n) is 17.8. The molecule has 162 valence electrons. The van der Waals surface area contributed by atoms with Gasteiger partial charge in [0.2, 0.25) is 5.95 Å². The minimum absolute atomic E-state index is 0.0135. The van der Waals surface area contributed by atoms with Gasteiger partial charge in [-0.05, 0) is 61.1 Å². The third-order valence-electron chi connectivity index (χ3n) is 5.75. The molecular weight excluding hydrogens is 418 g/mol. The van der Waals surface area contributed by atoms with E-state index in [1.165, 1.54) is 16.9 Å². The first kappa shape index (κ1) is 20.5. The van der Waals surface area contributed by atoms with Crippen LogP contribution in [-0.4, -0.2) is 9.55 Å². The maximum Gasteiger partial charge on any atom is 0.264 e. The molecular formula is C26H25N3O2S. The molecule has 32 heavy (non-hydrogen) atoms. The lowest BCUT2D eigenvalue weighted by molar-refractivity contribution is 0.306. The summed E-state index contributed by atoms with van der Waals surface area (Å²) in [4.78, 5) is 20.3. The number of hydrogen-bond acceptors (Lipinski definition) is 5. The molecule has 2 aromatic heterocycles. The van der Waals surface area contributed by atoms with E-state index < -0.39 is 0 Å². The number of anilines is 2. The van der Waals surface area contributed by atoms with Crippen molar-refractivity contribution in [3.05, 3.63) is 93.6 Å². The lowest BCUT2D eigenvalue weighted by Crippen LogP contribution is -2.24. The number of nitrogens with zero attached hydrogens (tertiary/aromatic N) is 2. The van der Waals surface area contributed by atoms with Crippen LogP contribution in [-0.2, 0) is 26.0 Å². The smallest absolute Gasteiger partial charge is 0.264 e. The fraction of sp³-hybridized carbons (Fsp3) is 0.231. The number of hydrogen-bond donors (Lipinski definition) is 1. The molecule has 0 saturated heterocycles. The van der Waals surface area contributed by atoms with Gasteiger partial charge in [0.05, 0.1) is 5.39 Å². The van der Waals surface area contributed by atoms with Gasteiger partial charge in [-0.2, -0.15) is 0 Å². The maximum absolute atomic E-state index is 13.4. The molecule has 5 rings (SSSR count). The summed E-state index contributed by atoms with van der Waals surface area (Å²) in [5.41, 5.74) is 3.19. The van der Waals surface area contributed by atoms with Crippen molar-refractivity contribution < 1.29 is 4.74 Å². The molecule has 0 radical (unpaired) electrons. The number of allylic oxidation sites excluding steroid dienone is 1. The molecule has 2 aromatic carbocycles. The highest BCUT2D eigenvalue weighted by Crippen LogP contribution is 2.34. The Hall–Kier alpha value is -3.38. The van der Waals surface area contributed by atoms with Gasteiger partial charge in [0.15, 0.2) is 0 Å². The lowest BCUT2D eigenvalue weighted by atomic mass is 9.97. The number of rotatable bonds is 7. The Morgan fingerprint density at radius 1 is 1.09 bits per heavy atom. The maximum atomic E-state index is 13.4. The lowest BCUT2D eigenvalue weighted by Gasteiger charge is -2.14. The van der Waals surface area contributed by atoms with Gasteiger partial charge in [0.25, 0.3) is 5.56 Å². The van der Waals surface area contributed by atoms with Gasteiger partial charge in [0, 0.05) is 17.1 Å². The predicted octanol–water partition coefficient (Wildman–Crippen LogP) is 5.85. The molecule has 1 N–H and O–H groups in total. The van der Waals surface area contributed by atoms with Crippen LogP contribution in [0.1, 0.15) is 28.8 Å². The van der Waals surface area contributed by atoms with E-state index in [-0.39, 0.29) is 5.56 Å². The minimum Gasteiger partial charge on any atom is -0.489 e. The van der Waals surface area contributed by atoms with E-state index in [1.54, 1.807) is 22.0 Å². The summed E-state index contributed by atoms with van der Waals surface area (Å²) in [7, 11) is 0. The second-order valence-electron chi connectivity index (χ2n) is 7.95. The largest absolute Gasteiger partial charge is 0.489 e. The van der Waals surface area contributed by atoms with E-state index in [0.717, 1.165) is 46.5 Å². The van der Waals surface area contributed by atoms with Crippen molar-refractivity contribution in [1.29, 1.82) is 0 Å². The fourth-order valence-electron chi connectivity index (χ4n) is 4.14. The summed E-state index contributed by atoms with van der Waals surface area (Å²) in [6.07, 6.45) is 6.07. The number of aromatic nitrogens is 2. The number of ether oxygens (including phenoxy) is 1. The van der Waals surface area contributed by atoms with E-state index in [1.807, 2.05) is 54.6 Å². The first-order chi connectivity index (χ1) is 15.7. The summed E-state index contributed by atoms with van der Waals surface area (Å²) >= 11 is 1.66. The van der Waals surface area contributed by atoms with Crippen molar-refractivity contribution in [3.63, 3.8) is 0 Å². The molecule has 5 nitrogen and oxygen atoms in total. The van der Waals surface area contributed by atoms with Crippen molar-refractivity contribution in [3.8, 4) is 5.75 Å². The fourth-order valence-corrected chi connectivity index (χ4v) is 5.39. The Balaban J connectivity index is 1.41. The monoisotopic (exact) mass is 443 g/mol. The van der Waals surface area contributed by atoms with E-state index in [4.69, 9.17) is 9.72 Å². The SMILES string of the molecule is C=CCn1c(Nc2ccc(OCc3ccccc3)cc2)nc2sc3c(c2c1=O)CCCC3. The third-order valence-corrected chi connectivity index (χ3v) is 6.93. The van der Waals surface area contributed by atoms with Crippen molar-refractivity contribution in [1.82, 2.24) is 9.55 Å². The predicted molar refractivity (Wildman–Crippen MR) is 131 cm³/mol. The van der Waals surface area contributed by atoms with Gasteiger partial charge in [0.1, 0.15) is 17.2 Å². The topological polar surface area (TPSA) is 56.1 Å². The van der Waals surface area contributed by atoms with Crippen LogP contribution in [0.25, 0.3) is 10.2 Å². The van der Waals surface area contributed by atoms with Crippen LogP contribution in [0, 0.1) is 0 Å². The highest BCUT2D eigenvalue weighted by atomic mass is 32.1. The summed E-state index contributed by atoms with van der Waals surface area (Å²) in [6, 6.07) is 17.8. The number of thiophene rings is 1. The molecule has 0 atom stereocenters. The quantitative estimate of drug-likeness (QED) is 0.364. The van der Waals surface area contributed by atoms with Crippen LogP contribution in [0.4, 0.5) is 11.6 Å². The van der Waals surface area contributed by atoms with Gasteiger partial charge < -0.3 is 10.1 Å². The molecule has 1 aliphatic carbocycles. The highest BCUT2D eigenvalue weighted by molar-refractivity contribution is 7.18. The van der Waals surface area contributed by atoms with Gasteiger partial charge in [-0.15, -0.1) is 17.9 Å². The van der Waals surface area contributed by atoms with Gasteiger partial charge in [-0.3, -0.25) is 9.36 Å². The molecule has 0 spiro atoms. The number of benzene rings is 2. The van der Waals surface area contributed by atoms with Crippen LogP contribution in [0.2, 0.25) is 0 Å². The molecule has 6 heteroatoms. The second-order valence-corrected chi connectivity index (χ2v) is 9.04. The van der Waals surface area contributed by atoms with Crippen LogP contribution in [0.5, 0.6) is 5.75 Å². The van der Waals surface area contributed by atoms with Gasteiger partial charge in [-0.25, -0.2) is 4.98 Å². The van der Waals surface area contributed by atoms with Crippen LogP contribution >= 0.6 is 11.3 Å². The Morgan fingerprint density at radius 3 is 2.66 bits per heavy atom. The minimum atomic E-state index is 0.0135. The first-order valence-electron chi connectivity index (χ1n) is 10.9. The van der Waals surface area contributed by atoms with Crippen molar-refractivity contribution >= 4 is 33.2 Å². The van der Waals surface area contributed by atoms with Crippen molar-refractivity contribution in [2.75, 3.05) is 5.32 Å². The molecule has 0 unspecified atom stereocenters. The Kier molecular flexibility index (Phi) is 5.77. The van der Waals surface area contributed by atoms with Crippen LogP contribution in [0.3, 0.4) is 0 Å². The molecule has 0 saturated carbocycles. The van der Waals surface area contributed by atoms with Crippen LogP contribution in [0.15, 0.2) is 72.0 Å². The summed E-state index contributed by atoms with van der Waals surface area (Å²) in [6.45, 7) is 4.76. The highest BCUT2D eigenvalue weighted by Gasteiger charge is 2.21. The summed E-state index contributed by atoms with van der Waals surface area (Å²) in [5.74, 6) is 1.33. The van der Waals surface area contributed by atoms with Gasteiger partial charge in [-0.1, -0.05) is 36.4 Å². The van der Waals surface area contributed by atoms with E-state index >= 15 is 0 Å². The Morgan fingerprint density at radius 2 is 1.88 bits per heavy atom. The second kappa shape index (κ2) is 9.01. The molecule has 4 aromatic rings. The number of nitrogens with one attached hydrogen (secondary N) is 1. The molecule has 0 bridgehead atoms. The zero-order chi connectivity index (χ0) is 21.9. The van der Waals surface area contributed by atoms with Crippen LogP contribution < -0.4 is 15.6 Å². The standard InChI is InChI=1S/C26H25N3O2S/c1-2-16-29-25(30)23-21-10-6-7-11-22(21)32-24(23)28-26(29)27-19-12-14-20(15-13-19)31-17-18-8-4-3-5-9-18/h2-5,8-9,12-15H,1,6-7,10-11,16-17H2,(H,27,28). The zero-order valence-corrected chi connectivity index (χ0v) is 18.7. The summed E-state index contributed by atoms with van der Waals surface area (Å²) in [5, 5.41) is 4.12. The molecule has 0 fully saturated rings. The van der Waals surface area contributed by atoms with Gasteiger partial charge >= 0.3 is 0 Å². The number of fused-ring (bicyclic) bond motifs is 3. The molecule has 1 aliphatic rings. The molecule has 2 heterocycles. The number of aryl methyl sites for hydroxylation is 2. The van der Waals surface area contributed by atoms with Crippen molar-refractivity contribution in [2.24, 2.45) is 0 Å². The molecule has 0 aliphatic heterocycles. The van der Waals surface area contributed by atoms with E-state index in [0.29, 0.717) is 19.1 Å². The Bertz CT molecular complexity index is 1310. The average Bonchev–Trinajstić information content (AvgIpc) is 3.20. The average molecular weight is 444 g/mol. The summed E-state index contributed by atoms with van der Waals surface area (Å²) < 4.78 is 7.55. The van der Waals surface area contributed by atoms with E-state index in [2.05, 4.69) is 11.9 Å². The van der Waals surface area contributed by atoms with E-state index in [9.17, 15) is 4.79 Å².